The van der Waals surface area contributed by atoms with Crippen molar-refractivity contribution in [2.45, 2.75) is 12.6 Å². The Morgan fingerprint density at radius 3 is 2.45 bits per heavy atom. The van der Waals surface area contributed by atoms with Crippen LogP contribution >= 0.6 is 0 Å². The highest BCUT2D eigenvalue weighted by molar-refractivity contribution is 5.85. The lowest BCUT2D eigenvalue weighted by Crippen LogP contribution is -2.44. The molecule has 0 aromatic rings. The Balaban J connectivity index is 2.62. The Bertz CT molecular complexity index is 164. The molecule has 0 aromatic carbocycles. The molecule has 1 heterocycles. The molecule has 0 aromatic heterocycles. The van der Waals surface area contributed by atoms with Crippen LogP contribution in [0, 0.1) is 11.3 Å². The molecule has 1 unspecified atom stereocenters. The summed E-state index contributed by atoms with van der Waals surface area (Å²) in [5.74, 6) is -1.56. The minimum Gasteiger partial charge on any atom is -0.315 e. The zero-order valence-corrected chi connectivity index (χ0v) is 5.83. The molecule has 64 valence electrons. The molecule has 1 aliphatic heterocycles. The van der Waals surface area contributed by atoms with E-state index in [2.05, 4.69) is 5.32 Å². The van der Waals surface area contributed by atoms with Crippen LogP contribution in [0.1, 0.15) is 6.42 Å². The molecular formula is C6H9F3N2. The summed E-state index contributed by atoms with van der Waals surface area (Å²) in [6.07, 6.45) is -4.03. The fourth-order valence-electron chi connectivity index (χ4n) is 1.08. The van der Waals surface area contributed by atoms with Crippen molar-refractivity contribution in [2.75, 3.05) is 13.1 Å². The van der Waals surface area contributed by atoms with E-state index < -0.39 is 12.1 Å². The predicted molar refractivity (Wildman–Crippen MR) is 34.8 cm³/mol. The van der Waals surface area contributed by atoms with Gasteiger partial charge in [0.05, 0.1) is 0 Å². The van der Waals surface area contributed by atoms with Crippen molar-refractivity contribution in [3.05, 3.63) is 0 Å². The molecule has 1 atom stereocenters. The first-order chi connectivity index (χ1) is 5.02. The van der Waals surface area contributed by atoms with E-state index in [1.807, 2.05) is 0 Å². The summed E-state index contributed by atoms with van der Waals surface area (Å²) in [4.78, 5) is 0. The van der Waals surface area contributed by atoms with Crippen LogP contribution in [0.5, 0.6) is 0 Å². The molecule has 11 heavy (non-hydrogen) atoms. The highest BCUT2D eigenvalue weighted by atomic mass is 19.4. The van der Waals surface area contributed by atoms with Gasteiger partial charge in [-0.15, -0.1) is 0 Å². The smallest absolute Gasteiger partial charge is 0.315 e. The monoisotopic (exact) mass is 166 g/mol. The van der Waals surface area contributed by atoms with E-state index in [-0.39, 0.29) is 18.7 Å². The molecule has 1 aliphatic rings. The molecule has 1 fully saturated rings. The Kier molecular flexibility index (Phi) is 2.17. The van der Waals surface area contributed by atoms with Gasteiger partial charge in [-0.3, -0.25) is 0 Å². The molecular weight excluding hydrogens is 157 g/mol. The van der Waals surface area contributed by atoms with E-state index in [4.69, 9.17) is 5.41 Å². The summed E-state index contributed by atoms with van der Waals surface area (Å²) in [6, 6.07) is 0. The first-order valence-electron chi connectivity index (χ1n) is 3.36. The lowest BCUT2D eigenvalue weighted by Gasteiger charge is -2.25. The summed E-state index contributed by atoms with van der Waals surface area (Å²) in [6.45, 7) is 0.355. The average Bonchev–Trinajstić information content (AvgIpc) is 1.86. The van der Waals surface area contributed by atoms with Crippen molar-refractivity contribution in [1.82, 2.24) is 5.32 Å². The lowest BCUT2D eigenvalue weighted by molar-refractivity contribution is -0.155. The number of hydrogen-bond acceptors (Lipinski definition) is 2. The number of hydrogen-bond donors (Lipinski definition) is 2. The van der Waals surface area contributed by atoms with Crippen LogP contribution in [0.3, 0.4) is 0 Å². The second kappa shape index (κ2) is 2.81. The fraction of sp³-hybridized carbons (Fsp3) is 0.833. The number of nitrogens with one attached hydrogen (secondary N) is 2. The van der Waals surface area contributed by atoms with Gasteiger partial charge in [0.15, 0.2) is 0 Å². The Morgan fingerprint density at radius 1 is 1.45 bits per heavy atom. The van der Waals surface area contributed by atoms with Gasteiger partial charge in [0.2, 0.25) is 0 Å². The maximum atomic E-state index is 12.0. The number of piperidine rings is 1. The molecule has 2 nitrogen and oxygen atoms in total. The minimum absolute atomic E-state index is 0.137. The van der Waals surface area contributed by atoms with Crippen LogP contribution in [-0.4, -0.2) is 25.0 Å². The third-order valence-electron chi connectivity index (χ3n) is 1.74. The second-order valence-electron chi connectivity index (χ2n) is 2.57. The van der Waals surface area contributed by atoms with Crippen LogP contribution < -0.4 is 5.32 Å². The number of alkyl halides is 3. The van der Waals surface area contributed by atoms with Crippen molar-refractivity contribution >= 4 is 5.71 Å². The van der Waals surface area contributed by atoms with Crippen molar-refractivity contribution < 1.29 is 13.2 Å². The molecule has 0 aliphatic carbocycles. The molecule has 2 N–H and O–H groups in total. The average molecular weight is 166 g/mol. The zero-order chi connectivity index (χ0) is 8.48. The van der Waals surface area contributed by atoms with Gasteiger partial charge < -0.3 is 10.7 Å². The SMILES string of the molecule is N=C1CCNCC1C(F)(F)F. The van der Waals surface area contributed by atoms with E-state index >= 15 is 0 Å². The highest BCUT2D eigenvalue weighted by Crippen LogP contribution is 2.28. The summed E-state index contributed by atoms with van der Waals surface area (Å²) in [7, 11) is 0. The normalized spacial score (nSPS) is 27.2. The molecule has 0 bridgehead atoms. The van der Waals surface area contributed by atoms with Gasteiger partial charge >= 0.3 is 6.18 Å². The van der Waals surface area contributed by atoms with E-state index in [0.29, 0.717) is 6.54 Å². The first kappa shape index (κ1) is 8.52. The van der Waals surface area contributed by atoms with Crippen LogP contribution in [-0.2, 0) is 0 Å². The first-order valence-corrected chi connectivity index (χ1v) is 3.36. The summed E-state index contributed by atoms with van der Waals surface area (Å²) < 4.78 is 36.0. The van der Waals surface area contributed by atoms with Gasteiger partial charge in [0.1, 0.15) is 5.92 Å². The van der Waals surface area contributed by atoms with Gasteiger partial charge in [0.25, 0.3) is 0 Å². The molecule has 1 rings (SSSR count). The van der Waals surface area contributed by atoms with E-state index in [1.54, 1.807) is 0 Å². The van der Waals surface area contributed by atoms with Gasteiger partial charge in [-0.2, -0.15) is 13.2 Å². The molecule has 0 saturated carbocycles. The molecule has 0 spiro atoms. The maximum Gasteiger partial charge on any atom is 0.398 e. The van der Waals surface area contributed by atoms with Crippen LogP contribution in [0.15, 0.2) is 0 Å². The van der Waals surface area contributed by atoms with E-state index in [1.165, 1.54) is 0 Å². The van der Waals surface area contributed by atoms with Gasteiger partial charge in [-0.05, 0) is 6.42 Å². The van der Waals surface area contributed by atoms with Gasteiger partial charge in [-0.25, -0.2) is 0 Å². The second-order valence-corrected chi connectivity index (χ2v) is 2.57. The Hall–Kier alpha value is -0.580. The molecule has 1 saturated heterocycles. The quantitative estimate of drug-likeness (QED) is 0.557. The largest absolute Gasteiger partial charge is 0.398 e. The third kappa shape index (κ3) is 1.92. The Morgan fingerprint density at radius 2 is 2.09 bits per heavy atom. The van der Waals surface area contributed by atoms with Crippen molar-refractivity contribution in [3.63, 3.8) is 0 Å². The maximum absolute atomic E-state index is 12.0. The van der Waals surface area contributed by atoms with Crippen molar-refractivity contribution in [1.29, 1.82) is 5.41 Å². The van der Waals surface area contributed by atoms with E-state index in [0.717, 1.165) is 0 Å². The van der Waals surface area contributed by atoms with Gasteiger partial charge in [0, 0.05) is 18.8 Å². The number of rotatable bonds is 0. The molecule has 5 heteroatoms. The third-order valence-corrected chi connectivity index (χ3v) is 1.74. The van der Waals surface area contributed by atoms with Crippen LogP contribution in [0.25, 0.3) is 0 Å². The fourth-order valence-corrected chi connectivity index (χ4v) is 1.08. The van der Waals surface area contributed by atoms with Crippen molar-refractivity contribution in [3.8, 4) is 0 Å². The predicted octanol–water partition coefficient (Wildman–Crippen LogP) is 1.18. The summed E-state index contributed by atoms with van der Waals surface area (Å²) in [5, 5.41) is 9.65. The van der Waals surface area contributed by atoms with E-state index in [9.17, 15) is 13.2 Å². The van der Waals surface area contributed by atoms with Crippen LogP contribution in [0.4, 0.5) is 13.2 Å². The minimum atomic E-state index is -4.25. The number of halogens is 3. The van der Waals surface area contributed by atoms with Crippen LogP contribution in [0.2, 0.25) is 0 Å². The summed E-state index contributed by atoms with van der Waals surface area (Å²) >= 11 is 0. The van der Waals surface area contributed by atoms with Gasteiger partial charge in [-0.1, -0.05) is 0 Å². The highest BCUT2D eigenvalue weighted by Gasteiger charge is 2.43. The lowest BCUT2D eigenvalue weighted by atomic mass is 9.97. The molecule has 0 amide bonds. The zero-order valence-electron chi connectivity index (χ0n) is 5.83. The Labute approximate surface area is 62.3 Å². The summed E-state index contributed by atoms with van der Waals surface area (Å²) in [5.41, 5.74) is -0.198. The topological polar surface area (TPSA) is 35.9 Å². The molecule has 0 radical (unpaired) electrons. The standard InChI is InChI=1S/C6H9F3N2/c7-6(8,9)4-3-11-2-1-5(4)10/h4,10-11H,1-3H2. The van der Waals surface area contributed by atoms with Crippen molar-refractivity contribution in [2.24, 2.45) is 5.92 Å².